The molecule has 152 valence electrons. The van der Waals surface area contributed by atoms with Crippen molar-refractivity contribution in [3.63, 3.8) is 0 Å². The fourth-order valence-electron chi connectivity index (χ4n) is 3.09. The summed E-state index contributed by atoms with van der Waals surface area (Å²) in [6.07, 6.45) is -5.96. The van der Waals surface area contributed by atoms with Gasteiger partial charge in [0, 0.05) is 30.6 Å². The van der Waals surface area contributed by atoms with Crippen LogP contribution in [0.3, 0.4) is 0 Å². The number of carboxylic acids is 1. The number of amides is 1. The largest absolute Gasteiger partial charge is 0.479 e. The molecule has 28 heavy (non-hydrogen) atoms. The minimum absolute atomic E-state index is 0.124. The van der Waals surface area contributed by atoms with Crippen molar-refractivity contribution >= 4 is 22.8 Å². The van der Waals surface area contributed by atoms with Crippen LogP contribution in [0.25, 0.3) is 10.9 Å². The van der Waals surface area contributed by atoms with Crippen molar-refractivity contribution in [3.05, 3.63) is 30.0 Å². The van der Waals surface area contributed by atoms with Crippen LogP contribution in [0.15, 0.2) is 24.4 Å². The predicted octanol–water partition coefficient (Wildman–Crippen LogP) is -0.882. The summed E-state index contributed by atoms with van der Waals surface area (Å²) < 4.78 is 10.7. The van der Waals surface area contributed by atoms with Gasteiger partial charge in [-0.1, -0.05) is 0 Å². The van der Waals surface area contributed by atoms with Crippen LogP contribution in [-0.4, -0.2) is 74.5 Å². The summed E-state index contributed by atoms with van der Waals surface area (Å²) in [6.45, 7) is 1.90. The number of H-pyrrole nitrogens is 1. The average molecular weight is 394 g/mol. The first kappa shape index (κ1) is 20.1. The molecule has 10 nitrogen and oxygen atoms in total. The number of carbonyl (C=O) groups is 2. The third-order valence-corrected chi connectivity index (χ3v) is 4.57. The van der Waals surface area contributed by atoms with Crippen LogP contribution in [0.4, 0.5) is 0 Å². The van der Waals surface area contributed by atoms with Crippen molar-refractivity contribution in [2.75, 3.05) is 6.54 Å². The van der Waals surface area contributed by atoms with E-state index in [2.05, 4.69) is 10.3 Å². The average Bonchev–Trinajstić information content (AvgIpc) is 3.04. The van der Waals surface area contributed by atoms with E-state index < -0.39 is 36.7 Å². The first-order valence-corrected chi connectivity index (χ1v) is 8.71. The van der Waals surface area contributed by atoms with Crippen molar-refractivity contribution < 1.29 is 39.5 Å². The van der Waals surface area contributed by atoms with Gasteiger partial charge >= 0.3 is 5.97 Å². The SMILES string of the molecule is CC(=O)NCCc1c[nH]c2ccc(O[C@@H]3OC(C(=O)O)[C@@H](O)[C@H](O)[C@H]3O)cc12. The lowest BCUT2D eigenvalue weighted by Gasteiger charge is -2.38. The molecule has 1 amide bonds. The number of hydrogen-bond donors (Lipinski definition) is 6. The molecule has 2 aromatic rings. The van der Waals surface area contributed by atoms with Crippen LogP contribution in [0, 0.1) is 0 Å². The van der Waals surface area contributed by atoms with E-state index in [0.717, 1.165) is 16.5 Å². The maximum atomic E-state index is 11.2. The van der Waals surface area contributed by atoms with Gasteiger partial charge in [-0.05, 0) is 30.2 Å². The van der Waals surface area contributed by atoms with E-state index >= 15 is 0 Å². The molecular formula is C18H22N2O8. The molecule has 1 fully saturated rings. The normalized spacial score (nSPS) is 27.5. The Morgan fingerprint density at radius 1 is 1.21 bits per heavy atom. The standard InChI is InChI=1S/C18H22N2O8/c1-8(21)19-5-4-9-7-20-12-3-2-10(6-11(9)12)27-18-15(24)13(22)14(23)16(28-18)17(25)26/h2-3,6-7,13-16,18,20,22-24H,4-5H2,1H3,(H,19,21)(H,25,26)/t13-,14-,15+,16?,18+/m0/s1. The number of aliphatic hydroxyl groups excluding tert-OH is 3. The zero-order valence-corrected chi connectivity index (χ0v) is 15.0. The molecule has 1 aromatic carbocycles. The Labute approximate surface area is 159 Å². The van der Waals surface area contributed by atoms with Crippen molar-refractivity contribution in [2.24, 2.45) is 0 Å². The van der Waals surface area contributed by atoms with E-state index in [0.29, 0.717) is 13.0 Å². The summed E-state index contributed by atoms with van der Waals surface area (Å²) in [7, 11) is 0. The summed E-state index contributed by atoms with van der Waals surface area (Å²) in [5.74, 6) is -1.32. The van der Waals surface area contributed by atoms with Gasteiger partial charge in [-0.25, -0.2) is 4.79 Å². The number of aromatic amines is 1. The summed E-state index contributed by atoms with van der Waals surface area (Å²) in [5, 5.41) is 42.3. The van der Waals surface area contributed by atoms with E-state index in [1.54, 1.807) is 18.2 Å². The zero-order chi connectivity index (χ0) is 20.4. The van der Waals surface area contributed by atoms with Gasteiger partial charge in [-0.15, -0.1) is 0 Å². The Kier molecular flexibility index (Phi) is 5.84. The van der Waals surface area contributed by atoms with Gasteiger partial charge in [0.15, 0.2) is 6.10 Å². The van der Waals surface area contributed by atoms with Crippen LogP contribution < -0.4 is 10.1 Å². The first-order chi connectivity index (χ1) is 13.3. The number of carbonyl (C=O) groups excluding carboxylic acids is 1. The van der Waals surface area contributed by atoms with Gasteiger partial charge in [0.25, 0.3) is 0 Å². The summed E-state index contributed by atoms with van der Waals surface area (Å²) >= 11 is 0. The number of aliphatic carboxylic acids is 1. The van der Waals surface area contributed by atoms with Gasteiger partial charge in [0.05, 0.1) is 0 Å². The third kappa shape index (κ3) is 4.09. The van der Waals surface area contributed by atoms with Crippen LogP contribution in [0.2, 0.25) is 0 Å². The molecule has 6 N–H and O–H groups in total. The molecule has 0 radical (unpaired) electrons. The lowest BCUT2D eigenvalue weighted by molar-refractivity contribution is -0.271. The number of ether oxygens (including phenoxy) is 2. The monoisotopic (exact) mass is 394 g/mol. The molecule has 10 heteroatoms. The Balaban J connectivity index is 1.77. The second-order valence-corrected chi connectivity index (χ2v) is 6.61. The Bertz CT molecular complexity index is 866. The second kappa shape index (κ2) is 8.15. The van der Waals surface area contributed by atoms with Crippen LogP contribution in [-0.2, 0) is 20.7 Å². The van der Waals surface area contributed by atoms with Crippen molar-refractivity contribution in [3.8, 4) is 5.75 Å². The maximum absolute atomic E-state index is 11.2. The summed E-state index contributed by atoms with van der Waals surface area (Å²) in [5.41, 5.74) is 1.76. The zero-order valence-electron chi connectivity index (χ0n) is 15.0. The topological polar surface area (TPSA) is 161 Å². The third-order valence-electron chi connectivity index (χ3n) is 4.57. The maximum Gasteiger partial charge on any atom is 0.335 e. The molecule has 2 heterocycles. The number of benzene rings is 1. The highest BCUT2D eigenvalue weighted by Crippen LogP contribution is 2.28. The molecule has 0 spiro atoms. The molecule has 1 aliphatic rings. The van der Waals surface area contributed by atoms with Gasteiger partial charge in [0.1, 0.15) is 24.1 Å². The minimum atomic E-state index is -1.78. The molecule has 1 unspecified atom stereocenters. The lowest BCUT2D eigenvalue weighted by Crippen LogP contribution is -2.61. The van der Waals surface area contributed by atoms with E-state index in [1.165, 1.54) is 6.92 Å². The molecule has 1 saturated heterocycles. The molecular weight excluding hydrogens is 372 g/mol. The van der Waals surface area contributed by atoms with Gasteiger partial charge < -0.3 is 40.2 Å². The first-order valence-electron chi connectivity index (χ1n) is 8.71. The summed E-state index contributed by atoms with van der Waals surface area (Å²) in [4.78, 5) is 25.3. The van der Waals surface area contributed by atoms with Crippen molar-refractivity contribution in [2.45, 2.75) is 44.1 Å². The van der Waals surface area contributed by atoms with Gasteiger partial charge in [-0.2, -0.15) is 0 Å². The Morgan fingerprint density at radius 3 is 2.64 bits per heavy atom. The highest BCUT2D eigenvalue weighted by molar-refractivity contribution is 5.84. The van der Waals surface area contributed by atoms with Crippen molar-refractivity contribution in [1.82, 2.24) is 10.3 Å². The number of rotatable bonds is 6. The number of nitrogens with one attached hydrogen (secondary N) is 2. The number of aromatic nitrogens is 1. The molecule has 1 aromatic heterocycles. The molecule has 0 aliphatic carbocycles. The number of fused-ring (bicyclic) bond motifs is 1. The molecule has 5 atom stereocenters. The van der Waals surface area contributed by atoms with Crippen LogP contribution in [0.1, 0.15) is 12.5 Å². The lowest BCUT2D eigenvalue weighted by atomic mass is 9.99. The van der Waals surface area contributed by atoms with E-state index in [-0.39, 0.29) is 11.7 Å². The quantitative estimate of drug-likeness (QED) is 0.368. The Morgan fingerprint density at radius 2 is 1.96 bits per heavy atom. The number of carboxylic acid groups (broad SMARTS) is 1. The fourth-order valence-corrected chi connectivity index (χ4v) is 3.09. The summed E-state index contributed by atoms with van der Waals surface area (Å²) in [6, 6.07) is 5.01. The van der Waals surface area contributed by atoms with Gasteiger partial charge in [0.2, 0.25) is 12.2 Å². The van der Waals surface area contributed by atoms with Crippen LogP contribution >= 0.6 is 0 Å². The highest BCUT2D eigenvalue weighted by atomic mass is 16.7. The van der Waals surface area contributed by atoms with E-state index in [9.17, 15) is 24.9 Å². The number of hydrogen-bond acceptors (Lipinski definition) is 7. The molecule has 0 saturated carbocycles. The molecule has 3 rings (SSSR count). The Hall–Kier alpha value is -2.66. The fraction of sp³-hybridized carbons (Fsp3) is 0.444. The molecule has 0 bridgehead atoms. The van der Waals surface area contributed by atoms with E-state index in [1.807, 2.05) is 6.20 Å². The number of aliphatic hydroxyl groups is 3. The predicted molar refractivity (Wildman–Crippen MR) is 95.6 cm³/mol. The second-order valence-electron chi connectivity index (χ2n) is 6.61. The van der Waals surface area contributed by atoms with Gasteiger partial charge in [-0.3, -0.25) is 4.79 Å². The molecule has 1 aliphatic heterocycles. The van der Waals surface area contributed by atoms with E-state index in [4.69, 9.17) is 14.6 Å². The highest BCUT2D eigenvalue weighted by Gasteiger charge is 2.48. The van der Waals surface area contributed by atoms with Crippen molar-refractivity contribution in [1.29, 1.82) is 0 Å². The smallest absolute Gasteiger partial charge is 0.335 e. The van der Waals surface area contributed by atoms with Crippen LogP contribution in [0.5, 0.6) is 5.75 Å². The minimum Gasteiger partial charge on any atom is -0.479 e.